The monoisotopic (exact) mass is 345 g/mol. The average molecular weight is 345 g/mol. The van der Waals surface area contributed by atoms with Gasteiger partial charge in [-0.15, -0.1) is 0 Å². The Balaban J connectivity index is 1.51. The minimum absolute atomic E-state index is 0.120. The molecule has 7 nitrogen and oxygen atoms in total. The quantitative estimate of drug-likeness (QED) is 0.908. The van der Waals surface area contributed by atoms with E-state index in [0.717, 1.165) is 5.69 Å². The zero-order chi connectivity index (χ0) is 17.5. The predicted molar refractivity (Wildman–Crippen MR) is 91.2 cm³/mol. The van der Waals surface area contributed by atoms with Crippen molar-refractivity contribution in [3.8, 4) is 0 Å². The first-order valence-electron chi connectivity index (χ1n) is 8.82. The van der Waals surface area contributed by atoms with E-state index < -0.39 is 11.4 Å². The number of pyridine rings is 1. The second-order valence-electron chi connectivity index (χ2n) is 7.13. The fraction of sp³-hybridized carbons (Fsp3) is 0.611. The Morgan fingerprint density at radius 1 is 1.20 bits per heavy atom. The minimum atomic E-state index is -0.806. The summed E-state index contributed by atoms with van der Waals surface area (Å²) in [6.07, 6.45) is 4.78. The highest BCUT2D eigenvalue weighted by Crippen LogP contribution is 2.41. The summed E-state index contributed by atoms with van der Waals surface area (Å²) >= 11 is 0. The van der Waals surface area contributed by atoms with Crippen LogP contribution >= 0.6 is 0 Å². The van der Waals surface area contributed by atoms with Crippen molar-refractivity contribution in [2.45, 2.75) is 57.0 Å². The molecule has 0 aromatic carbocycles. The van der Waals surface area contributed by atoms with Gasteiger partial charge in [-0.25, -0.2) is 4.98 Å². The summed E-state index contributed by atoms with van der Waals surface area (Å²) in [6, 6.07) is 3.20. The van der Waals surface area contributed by atoms with Crippen molar-refractivity contribution in [3.63, 3.8) is 0 Å². The molecule has 2 aromatic rings. The summed E-state index contributed by atoms with van der Waals surface area (Å²) in [6.45, 7) is 3.52. The Morgan fingerprint density at radius 3 is 2.64 bits per heavy atom. The van der Waals surface area contributed by atoms with Gasteiger partial charge in [-0.1, -0.05) is 0 Å². The van der Waals surface area contributed by atoms with E-state index in [-0.39, 0.29) is 5.56 Å². The molecule has 1 aliphatic heterocycles. The number of nitrogens with zero attached hydrogens (tertiary/aromatic N) is 3. The predicted octanol–water partition coefficient (Wildman–Crippen LogP) is 1.54. The molecular weight excluding hydrogens is 322 g/mol. The van der Waals surface area contributed by atoms with Crippen molar-refractivity contribution in [2.75, 3.05) is 13.2 Å². The average Bonchev–Trinajstić information content (AvgIpc) is 3.06. The van der Waals surface area contributed by atoms with E-state index in [0.29, 0.717) is 63.0 Å². The molecule has 1 aliphatic carbocycles. The van der Waals surface area contributed by atoms with Gasteiger partial charge in [-0.3, -0.25) is 14.3 Å². The third-order valence-corrected chi connectivity index (χ3v) is 5.36. The number of rotatable bonds is 3. The summed E-state index contributed by atoms with van der Waals surface area (Å²) in [5.41, 5.74) is 1.10. The van der Waals surface area contributed by atoms with Gasteiger partial charge < -0.3 is 14.6 Å². The third-order valence-electron chi connectivity index (χ3n) is 5.36. The topological polar surface area (TPSA) is 86.5 Å². The van der Waals surface area contributed by atoms with Gasteiger partial charge in [0, 0.05) is 31.6 Å². The van der Waals surface area contributed by atoms with Crippen LogP contribution in [0.3, 0.4) is 0 Å². The van der Waals surface area contributed by atoms with Crippen molar-refractivity contribution in [3.05, 3.63) is 34.4 Å². The molecule has 4 rings (SSSR count). The Hall–Kier alpha value is -1.83. The lowest BCUT2D eigenvalue weighted by atomic mass is 9.79. The molecule has 2 aromatic heterocycles. The van der Waals surface area contributed by atoms with Gasteiger partial charge in [0.1, 0.15) is 5.52 Å². The summed E-state index contributed by atoms with van der Waals surface area (Å²) in [5, 5.41) is 10.9. The molecule has 1 N–H and O–H groups in total. The first kappa shape index (κ1) is 16.6. The minimum Gasteiger partial charge on any atom is -0.390 e. The number of aromatic nitrogens is 3. The van der Waals surface area contributed by atoms with E-state index in [1.807, 2.05) is 6.92 Å². The van der Waals surface area contributed by atoms with E-state index in [1.165, 1.54) is 6.07 Å². The molecule has 3 heterocycles. The molecule has 25 heavy (non-hydrogen) atoms. The number of aryl methyl sites for hydroxylation is 2. The van der Waals surface area contributed by atoms with Crippen LogP contribution in [0.2, 0.25) is 0 Å². The molecule has 0 atom stereocenters. The molecule has 1 saturated heterocycles. The van der Waals surface area contributed by atoms with Crippen LogP contribution in [0.4, 0.5) is 0 Å². The lowest BCUT2D eigenvalue weighted by molar-refractivity contribution is -0.203. The van der Waals surface area contributed by atoms with Gasteiger partial charge in [-0.05, 0) is 32.3 Å². The number of aliphatic hydroxyl groups is 1. The lowest BCUT2D eigenvalue weighted by Crippen LogP contribution is -2.44. The highest BCUT2D eigenvalue weighted by Gasteiger charge is 2.45. The zero-order valence-corrected chi connectivity index (χ0v) is 14.4. The van der Waals surface area contributed by atoms with Crippen LogP contribution in [-0.4, -0.2) is 44.2 Å². The molecule has 0 unspecified atom stereocenters. The smallest absolute Gasteiger partial charge is 0.252 e. The number of hydrogen-bond acceptors (Lipinski definition) is 6. The normalized spacial score (nSPS) is 21.8. The Morgan fingerprint density at radius 2 is 1.92 bits per heavy atom. The SMILES string of the molecule is Cc1cnc2ccc(=O)n(CCC3(O)CCC4(CC3)OCCO4)c2n1. The highest BCUT2D eigenvalue weighted by molar-refractivity contribution is 5.69. The Labute approximate surface area is 145 Å². The second-order valence-corrected chi connectivity index (χ2v) is 7.13. The number of fused-ring (bicyclic) bond motifs is 1. The van der Waals surface area contributed by atoms with Crippen LogP contribution < -0.4 is 5.56 Å². The summed E-state index contributed by atoms with van der Waals surface area (Å²) in [5.74, 6) is -0.495. The third kappa shape index (κ3) is 3.19. The summed E-state index contributed by atoms with van der Waals surface area (Å²) in [7, 11) is 0. The van der Waals surface area contributed by atoms with Gasteiger partial charge >= 0.3 is 0 Å². The van der Waals surface area contributed by atoms with Gasteiger partial charge in [0.15, 0.2) is 11.4 Å². The maximum absolute atomic E-state index is 12.3. The Bertz CT molecular complexity index is 832. The molecule has 134 valence electrons. The molecule has 0 radical (unpaired) electrons. The van der Waals surface area contributed by atoms with E-state index in [9.17, 15) is 9.90 Å². The van der Waals surface area contributed by atoms with Gasteiger partial charge in [0.05, 0.1) is 24.5 Å². The van der Waals surface area contributed by atoms with E-state index >= 15 is 0 Å². The Kier molecular flexibility index (Phi) is 4.10. The van der Waals surface area contributed by atoms with Crippen molar-refractivity contribution in [1.29, 1.82) is 0 Å². The van der Waals surface area contributed by atoms with E-state index in [1.54, 1.807) is 16.8 Å². The highest BCUT2D eigenvalue weighted by atomic mass is 16.7. The molecule has 0 bridgehead atoms. The largest absolute Gasteiger partial charge is 0.390 e. The maximum Gasteiger partial charge on any atom is 0.252 e. The molecule has 1 saturated carbocycles. The fourth-order valence-electron chi connectivity index (χ4n) is 3.80. The molecule has 2 aliphatic rings. The van der Waals surface area contributed by atoms with Gasteiger partial charge in [0.25, 0.3) is 5.56 Å². The molecule has 0 amide bonds. The molecular formula is C18H23N3O4. The lowest BCUT2D eigenvalue weighted by Gasteiger charge is -2.40. The maximum atomic E-state index is 12.3. The van der Waals surface area contributed by atoms with Crippen LogP contribution in [0.25, 0.3) is 11.2 Å². The first-order valence-corrected chi connectivity index (χ1v) is 8.82. The van der Waals surface area contributed by atoms with E-state index in [4.69, 9.17) is 9.47 Å². The number of ether oxygens (including phenoxy) is 2. The van der Waals surface area contributed by atoms with Crippen molar-refractivity contribution < 1.29 is 14.6 Å². The molecule has 7 heteroatoms. The summed E-state index contributed by atoms with van der Waals surface area (Å²) in [4.78, 5) is 21.1. The van der Waals surface area contributed by atoms with Crippen molar-refractivity contribution >= 4 is 11.2 Å². The van der Waals surface area contributed by atoms with Gasteiger partial charge in [-0.2, -0.15) is 0 Å². The van der Waals surface area contributed by atoms with Crippen LogP contribution in [0, 0.1) is 6.92 Å². The first-order chi connectivity index (χ1) is 12.0. The molecule has 1 spiro atoms. The molecule has 2 fully saturated rings. The van der Waals surface area contributed by atoms with Crippen LogP contribution in [-0.2, 0) is 16.0 Å². The van der Waals surface area contributed by atoms with Crippen molar-refractivity contribution in [2.24, 2.45) is 0 Å². The van der Waals surface area contributed by atoms with Gasteiger partial charge in [0.2, 0.25) is 0 Å². The summed E-state index contributed by atoms with van der Waals surface area (Å²) < 4.78 is 13.1. The van der Waals surface area contributed by atoms with E-state index in [2.05, 4.69) is 9.97 Å². The fourth-order valence-corrected chi connectivity index (χ4v) is 3.80. The van der Waals surface area contributed by atoms with Crippen molar-refractivity contribution in [1.82, 2.24) is 14.5 Å². The van der Waals surface area contributed by atoms with Crippen LogP contribution in [0.5, 0.6) is 0 Å². The standard InChI is InChI=1S/C18H23N3O4/c1-13-12-19-14-2-3-15(22)21(16(14)20-13)9-8-17(23)4-6-18(7-5-17)24-10-11-25-18/h2-3,12,23H,4-11H2,1H3. The zero-order valence-electron chi connectivity index (χ0n) is 14.4. The number of hydrogen-bond donors (Lipinski definition) is 1. The van der Waals surface area contributed by atoms with Crippen LogP contribution in [0.15, 0.2) is 23.1 Å². The second kappa shape index (κ2) is 6.16. The van der Waals surface area contributed by atoms with Crippen LogP contribution in [0.1, 0.15) is 37.8 Å².